The van der Waals surface area contributed by atoms with Crippen molar-refractivity contribution in [3.8, 4) is 0 Å². The molecule has 2 rings (SSSR count). The van der Waals surface area contributed by atoms with E-state index in [0.29, 0.717) is 25.2 Å². The summed E-state index contributed by atoms with van der Waals surface area (Å²) < 4.78 is 2.83. The zero-order chi connectivity index (χ0) is 18.4. The highest BCUT2D eigenvalue weighted by Crippen LogP contribution is 1.97. The number of nitrogens with one attached hydrogen (secondary N) is 3. The predicted octanol–water partition coefficient (Wildman–Crippen LogP) is 0.100. The van der Waals surface area contributed by atoms with Crippen LogP contribution in [-0.2, 0) is 11.3 Å². The number of hydrogen-bond donors (Lipinski definition) is 3. The van der Waals surface area contributed by atoms with E-state index in [-0.39, 0.29) is 23.7 Å². The minimum atomic E-state index is -0.425. The first-order valence-corrected chi connectivity index (χ1v) is 8.13. The Labute approximate surface area is 145 Å². The predicted molar refractivity (Wildman–Crippen MR) is 93.4 cm³/mol. The number of urea groups is 1. The molecule has 2 heterocycles. The van der Waals surface area contributed by atoms with Gasteiger partial charge in [-0.2, -0.15) is 0 Å². The summed E-state index contributed by atoms with van der Waals surface area (Å²) in [4.78, 5) is 35.3. The molecule has 9 nitrogen and oxygen atoms in total. The van der Waals surface area contributed by atoms with Gasteiger partial charge in [0.05, 0.1) is 6.54 Å². The smallest absolute Gasteiger partial charge is 0.350 e. The van der Waals surface area contributed by atoms with E-state index >= 15 is 0 Å². The van der Waals surface area contributed by atoms with Crippen LogP contribution in [0.3, 0.4) is 0 Å². The van der Waals surface area contributed by atoms with Crippen LogP contribution in [0.25, 0.3) is 5.65 Å². The minimum Gasteiger partial charge on any atom is -0.350 e. The molecule has 0 aliphatic rings. The fraction of sp³-hybridized carbons (Fsp3) is 0.500. The molecule has 0 saturated carbocycles. The summed E-state index contributed by atoms with van der Waals surface area (Å²) in [5.74, 6) is -0.251. The Balaban J connectivity index is 1.70. The molecule has 0 fully saturated rings. The maximum Gasteiger partial charge on any atom is 0.350 e. The molecule has 0 unspecified atom stereocenters. The molecule has 0 aliphatic carbocycles. The quantitative estimate of drug-likeness (QED) is 0.643. The van der Waals surface area contributed by atoms with E-state index in [1.807, 2.05) is 26.8 Å². The number of carbonyl (C=O) groups excluding carboxylic acids is 2. The van der Waals surface area contributed by atoms with Gasteiger partial charge in [0.1, 0.15) is 0 Å². The number of hydrogen-bond acceptors (Lipinski definition) is 4. The lowest BCUT2D eigenvalue weighted by atomic mass is 10.1. The van der Waals surface area contributed by atoms with Crippen LogP contribution in [0.5, 0.6) is 0 Å². The van der Waals surface area contributed by atoms with E-state index < -0.39 is 6.03 Å². The zero-order valence-corrected chi connectivity index (χ0v) is 14.7. The first kappa shape index (κ1) is 18.5. The highest BCUT2D eigenvalue weighted by Gasteiger charge is 2.14. The van der Waals surface area contributed by atoms with Crippen molar-refractivity contribution < 1.29 is 9.59 Å². The summed E-state index contributed by atoms with van der Waals surface area (Å²) in [6.07, 6.45) is 2.21. The Morgan fingerprint density at radius 3 is 2.64 bits per heavy atom. The summed E-state index contributed by atoms with van der Waals surface area (Å²) in [5, 5.41) is 12.1. The van der Waals surface area contributed by atoms with Gasteiger partial charge in [-0.3, -0.25) is 9.20 Å². The van der Waals surface area contributed by atoms with Gasteiger partial charge in [0.15, 0.2) is 5.65 Å². The number of carbonyl (C=O) groups is 2. The van der Waals surface area contributed by atoms with E-state index in [1.54, 1.807) is 18.3 Å². The third kappa shape index (κ3) is 5.63. The average Bonchev–Trinajstić information content (AvgIpc) is 2.85. The minimum absolute atomic E-state index is 0.0883. The Hall–Kier alpha value is -2.84. The summed E-state index contributed by atoms with van der Waals surface area (Å²) in [5.41, 5.74) is 0.0401. The molecule has 0 aromatic carbocycles. The van der Waals surface area contributed by atoms with Crippen LogP contribution in [0.15, 0.2) is 29.2 Å². The van der Waals surface area contributed by atoms with Gasteiger partial charge in [-0.1, -0.05) is 6.07 Å². The first-order valence-electron chi connectivity index (χ1n) is 8.13. The highest BCUT2D eigenvalue weighted by molar-refractivity contribution is 5.84. The molecule has 3 N–H and O–H groups in total. The van der Waals surface area contributed by atoms with Crippen molar-refractivity contribution >= 4 is 17.6 Å². The van der Waals surface area contributed by atoms with Crippen LogP contribution >= 0.6 is 0 Å². The van der Waals surface area contributed by atoms with Crippen molar-refractivity contribution in [3.63, 3.8) is 0 Å². The maximum absolute atomic E-state index is 12.1. The van der Waals surface area contributed by atoms with Gasteiger partial charge in [0.25, 0.3) is 0 Å². The van der Waals surface area contributed by atoms with E-state index in [0.717, 1.165) is 0 Å². The molecule has 0 aliphatic heterocycles. The molecule has 0 radical (unpaired) electrons. The Bertz CT molecular complexity index is 802. The summed E-state index contributed by atoms with van der Waals surface area (Å²) in [6.45, 7) is 6.28. The standard InChI is InChI=1S/C16H24N6O3/c1-16(2,3)19-13(23)11-18-14(24)17-8-6-10-22-15(25)21-9-5-4-7-12(21)20-22/h4-5,7,9H,6,8,10-11H2,1-3H3,(H,19,23)(H2,17,18,24). The number of fused-ring (bicyclic) bond motifs is 1. The van der Waals surface area contributed by atoms with Crippen molar-refractivity contribution in [1.82, 2.24) is 30.1 Å². The summed E-state index contributed by atoms with van der Waals surface area (Å²) in [6, 6.07) is 4.91. The number of aromatic nitrogens is 3. The normalized spacial score (nSPS) is 11.3. The molecule has 25 heavy (non-hydrogen) atoms. The third-order valence-electron chi connectivity index (χ3n) is 3.24. The molecule has 0 atom stereocenters. The lowest BCUT2D eigenvalue weighted by Crippen LogP contribution is -2.47. The van der Waals surface area contributed by atoms with Crippen molar-refractivity contribution in [2.45, 2.75) is 39.3 Å². The van der Waals surface area contributed by atoms with Crippen LogP contribution < -0.4 is 21.6 Å². The third-order valence-corrected chi connectivity index (χ3v) is 3.24. The molecule has 136 valence electrons. The fourth-order valence-electron chi connectivity index (χ4n) is 2.23. The van der Waals surface area contributed by atoms with Crippen LogP contribution in [0, 0.1) is 0 Å². The average molecular weight is 348 g/mol. The number of nitrogens with zero attached hydrogens (tertiary/aromatic N) is 3. The van der Waals surface area contributed by atoms with E-state index in [1.165, 1.54) is 9.08 Å². The van der Waals surface area contributed by atoms with Gasteiger partial charge in [-0.25, -0.2) is 14.3 Å². The number of aryl methyl sites for hydroxylation is 1. The van der Waals surface area contributed by atoms with Crippen molar-refractivity contribution in [2.24, 2.45) is 0 Å². The van der Waals surface area contributed by atoms with Gasteiger partial charge < -0.3 is 16.0 Å². The lowest BCUT2D eigenvalue weighted by Gasteiger charge is -2.20. The monoisotopic (exact) mass is 348 g/mol. The fourth-order valence-corrected chi connectivity index (χ4v) is 2.23. The van der Waals surface area contributed by atoms with Crippen LogP contribution in [0.1, 0.15) is 27.2 Å². The van der Waals surface area contributed by atoms with Gasteiger partial charge in [-0.05, 0) is 39.3 Å². The second-order valence-corrected chi connectivity index (χ2v) is 6.70. The Morgan fingerprint density at radius 1 is 1.20 bits per heavy atom. The Morgan fingerprint density at radius 2 is 1.96 bits per heavy atom. The highest BCUT2D eigenvalue weighted by atomic mass is 16.2. The van der Waals surface area contributed by atoms with Gasteiger partial charge in [-0.15, -0.1) is 5.10 Å². The molecule has 3 amide bonds. The molecule has 0 spiro atoms. The Kier molecular flexibility index (Phi) is 5.79. The van der Waals surface area contributed by atoms with Crippen LogP contribution in [0.2, 0.25) is 0 Å². The summed E-state index contributed by atoms with van der Waals surface area (Å²) in [7, 11) is 0. The van der Waals surface area contributed by atoms with Gasteiger partial charge in [0.2, 0.25) is 5.91 Å². The van der Waals surface area contributed by atoms with Crippen molar-refractivity contribution in [3.05, 3.63) is 34.9 Å². The molecule has 2 aromatic rings. The molecule has 0 bridgehead atoms. The van der Waals surface area contributed by atoms with Crippen molar-refractivity contribution in [2.75, 3.05) is 13.1 Å². The number of pyridine rings is 1. The van der Waals surface area contributed by atoms with Crippen LogP contribution in [-0.4, -0.2) is 44.7 Å². The van der Waals surface area contributed by atoms with Crippen LogP contribution in [0.4, 0.5) is 4.79 Å². The second-order valence-electron chi connectivity index (χ2n) is 6.70. The summed E-state index contributed by atoms with van der Waals surface area (Å²) >= 11 is 0. The molecular formula is C16H24N6O3. The lowest BCUT2D eigenvalue weighted by molar-refractivity contribution is -0.121. The van der Waals surface area contributed by atoms with Gasteiger partial charge in [0, 0.05) is 24.8 Å². The largest absolute Gasteiger partial charge is 0.350 e. The van der Waals surface area contributed by atoms with Crippen molar-refractivity contribution in [1.29, 1.82) is 0 Å². The van der Waals surface area contributed by atoms with E-state index in [4.69, 9.17) is 0 Å². The molecular weight excluding hydrogens is 324 g/mol. The van der Waals surface area contributed by atoms with E-state index in [2.05, 4.69) is 21.0 Å². The molecule has 9 heteroatoms. The van der Waals surface area contributed by atoms with E-state index in [9.17, 15) is 14.4 Å². The molecule has 2 aromatic heterocycles. The maximum atomic E-state index is 12.1. The number of rotatable bonds is 6. The zero-order valence-electron chi connectivity index (χ0n) is 14.7. The topological polar surface area (TPSA) is 110 Å². The first-order chi connectivity index (χ1) is 11.8. The van der Waals surface area contributed by atoms with Gasteiger partial charge >= 0.3 is 11.7 Å². The SMILES string of the molecule is CC(C)(C)NC(=O)CNC(=O)NCCCn1nc2ccccn2c1=O. The molecule has 0 saturated heterocycles. The second kappa shape index (κ2) is 7.82. The number of amides is 3.